The summed E-state index contributed by atoms with van der Waals surface area (Å²) in [5, 5.41) is 0.271. The molecule has 1 aliphatic rings. The molecule has 0 N–H and O–H groups in total. The van der Waals surface area contributed by atoms with Crippen LogP contribution in [0.4, 0.5) is 5.69 Å². The molecule has 21 heavy (non-hydrogen) atoms. The molecule has 0 aliphatic carbocycles. The van der Waals surface area contributed by atoms with E-state index in [1.54, 1.807) is 18.3 Å². The van der Waals surface area contributed by atoms with E-state index in [1.165, 1.54) is 5.69 Å². The van der Waals surface area contributed by atoms with Crippen molar-refractivity contribution in [3.05, 3.63) is 59.4 Å². The standard InChI is InChI=1S/C16H16ClN3O/c17-15-14(7-4-8-18-15)16(21)20-11-9-19(10-12-20)13-5-2-1-3-6-13/h1-8H,9-12H2. The average Bonchev–Trinajstić information content (AvgIpc) is 2.56. The first kappa shape index (κ1) is 13.9. The van der Waals surface area contributed by atoms with Gasteiger partial charge in [0.25, 0.3) is 5.91 Å². The Kier molecular flexibility index (Phi) is 4.06. The molecule has 1 aromatic heterocycles. The number of piperazine rings is 1. The molecular formula is C16H16ClN3O. The van der Waals surface area contributed by atoms with E-state index >= 15 is 0 Å². The number of carbonyl (C=O) groups excluding carboxylic acids is 1. The van der Waals surface area contributed by atoms with Crippen LogP contribution in [0, 0.1) is 0 Å². The number of amides is 1. The maximum Gasteiger partial charge on any atom is 0.257 e. The number of carbonyl (C=O) groups is 1. The Bertz CT molecular complexity index is 624. The van der Waals surface area contributed by atoms with Crippen LogP contribution in [-0.2, 0) is 0 Å². The van der Waals surface area contributed by atoms with Gasteiger partial charge in [-0.05, 0) is 24.3 Å². The summed E-state index contributed by atoms with van der Waals surface area (Å²) in [5.41, 5.74) is 1.68. The zero-order valence-electron chi connectivity index (χ0n) is 11.6. The lowest BCUT2D eigenvalue weighted by Crippen LogP contribution is -2.48. The number of para-hydroxylation sites is 1. The quantitative estimate of drug-likeness (QED) is 0.800. The molecule has 108 valence electrons. The lowest BCUT2D eigenvalue weighted by molar-refractivity contribution is 0.0746. The van der Waals surface area contributed by atoms with E-state index in [2.05, 4.69) is 22.0 Å². The molecule has 0 bridgehead atoms. The number of benzene rings is 1. The normalized spacial score (nSPS) is 15.1. The number of aromatic nitrogens is 1. The summed E-state index contributed by atoms with van der Waals surface area (Å²) in [7, 11) is 0. The predicted octanol–water partition coefficient (Wildman–Crippen LogP) is 2.70. The number of hydrogen-bond acceptors (Lipinski definition) is 3. The highest BCUT2D eigenvalue weighted by Gasteiger charge is 2.23. The van der Waals surface area contributed by atoms with E-state index < -0.39 is 0 Å². The van der Waals surface area contributed by atoms with Crippen molar-refractivity contribution in [1.29, 1.82) is 0 Å². The van der Waals surface area contributed by atoms with E-state index in [9.17, 15) is 4.79 Å². The molecule has 1 amide bonds. The predicted molar refractivity (Wildman–Crippen MR) is 83.8 cm³/mol. The molecule has 0 atom stereocenters. The summed E-state index contributed by atoms with van der Waals surface area (Å²) in [6.07, 6.45) is 1.59. The third kappa shape index (κ3) is 3.00. The van der Waals surface area contributed by atoms with Gasteiger partial charge in [0.2, 0.25) is 0 Å². The van der Waals surface area contributed by atoms with Gasteiger partial charge in [0.15, 0.2) is 0 Å². The molecule has 4 nitrogen and oxygen atoms in total. The molecule has 5 heteroatoms. The fourth-order valence-corrected chi connectivity index (χ4v) is 2.72. The third-order valence-electron chi connectivity index (χ3n) is 3.68. The SMILES string of the molecule is O=C(c1cccnc1Cl)N1CCN(c2ccccc2)CC1. The minimum Gasteiger partial charge on any atom is -0.368 e. The minimum atomic E-state index is -0.0409. The van der Waals surface area contributed by atoms with Gasteiger partial charge in [-0.25, -0.2) is 4.98 Å². The van der Waals surface area contributed by atoms with Crippen molar-refractivity contribution in [2.75, 3.05) is 31.1 Å². The van der Waals surface area contributed by atoms with Gasteiger partial charge < -0.3 is 9.80 Å². The first-order valence-corrected chi connectivity index (χ1v) is 7.33. The van der Waals surface area contributed by atoms with Gasteiger partial charge in [0, 0.05) is 38.1 Å². The van der Waals surface area contributed by atoms with Crippen molar-refractivity contribution in [3.63, 3.8) is 0 Å². The van der Waals surface area contributed by atoms with Crippen LogP contribution < -0.4 is 4.90 Å². The Balaban J connectivity index is 1.66. The van der Waals surface area contributed by atoms with E-state index in [4.69, 9.17) is 11.6 Å². The van der Waals surface area contributed by atoms with E-state index in [-0.39, 0.29) is 11.1 Å². The van der Waals surface area contributed by atoms with Gasteiger partial charge in [0.05, 0.1) is 5.56 Å². The van der Waals surface area contributed by atoms with Crippen LogP contribution in [0.5, 0.6) is 0 Å². The van der Waals surface area contributed by atoms with Crippen molar-refractivity contribution in [3.8, 4) is 0 Å². The first-order valence-electron chi connectivity index (χ1n) is 6.95. The van der Waals surface area contributed by atoms with E-state index in [0.29, 0.717) is 18.7 Å². The van der Waals surface area contributed by atoms with Gasteiger partial charge in [-0.3, -0.25) is 4.79 Å². The van der Waals surface area contributed by atoms with Crippen molar-refractivity contribution >= 4 is 23.2 Å². The highest BCUT2D eigenvalue weighted by atomic mass is 35.5. The highest BCUT2D eigenvalue weighted by molar-refractivity contribution is 6.32. The molecule has 0 spiro atoms. The number of anilines is 1. The van der Waals surface area contributed by atoms with Crippen molar-refractivity contribution in [2.45, 2.75) is 0 Å². The molecule has 0 radical (unpaired) electrons. The summed E-state index contributed by atoms with van der Waals surface area (Å²) >= 11 is 5.99. The molecule has 1 aliphatic heterocycles. The van der Waals surface area contributed by atoms with Crippen molar-refractivity contribution in [2.24, 2.45) is 0 Å². The second kappa shape index (κ2) is 6.14. The molecule has 1 fully saturated rings. The molecular weight excluding hydrogens is 286 g/mol. The maximum absolute atomic E-state index is 12.4. The molecule has 1 saturated heterocycles. The van der Waals surface area contributed by atoms with Crippen LogP contribution in [0.15, 0.2) is 48.7 Å². The Hall–Kier alpha value is -2.07. The van der Waals surface area contributed by atoms with Crippen LogP contribution in [0.3, 0.4) is 0 Å². The third-order valence-corrected chi connectivity index (χ3v) is 3.98. The summed E-state index contributed by atoms with van der Waals surface area (Å²) in [4.78, 5) is 20.5. The number of pyridine rings is 1. The van der Waals surface area contributed by atoms with E-state index in [0.717, 1.165) is 13.1 Å². The fraction of sp³-hybridized carbons (Fsp3) is 0.250. The first-order chi connectivity index (χ1) is 10.3. The van der Waals surface area contributed by atoms with Crippen LogP contribution in [0.2, 0.25) is 5.15 Å². The second-order valence-electron chi connectivity index (χ2n) is 4.96. The summed E-state index contributed by atoms with van der Waals surface area (Å²) < 4.78 is 0. The average molecular weight is 302 g/mol. The lowest BCUT2D eigenvalue weighted by atomic mass is 10.2. The van der Waals surface area contributed by atoms with Crippen molar-refractivity contribution in [1.82, 2.24) is 9.88 Å². The molecule has 0 unspecified atom stereocenters. The van der Waals surface area contributed by atoms with Gasteiger partial charge in [-0.2, -0.15) is 0 Å². The van der Waals surface area contributed by atoms with Crippen LogP contribution >= 0.6 is 11.6 Å². The Morgan fingerprint density at radius 1 is 1.00 bits per heavy atom. The van der Waals surface area contributed by atoms with E-state index in [1.807, 2.05) is 23.1 Å². The molecule has 3 rings (SSSR count). The summed E-state index contributed by atoms with van der Waals surface area (Å²) in [5.74, 6) is -0.0409. The van der Waals surface area contributed by atoms with Crippen molar-refractivity contribution < 1.29 is 4.79 Å². The van der Waals surface area contributed by atoms with Gasteiger partial charge >= 0.3 is 0 Å². The topological polar surface area (TPSA) is 36.4 Å². The number of nitrogens with zero attached hydrogens (tertiary/aromatic N) is 3. The molecule has 1 aromatic carbocycles. The Morgan fingerprint density at radius 2 is 1.71 bits per heavy atom. The second-order valence-corrected chi connectivity index (χ2v) is 5.31. The number of halogens is 1. The molecule has 2 heterocycles. The largest absolute Gasteiger partial charge is 0.368 e. The fourth-order valence-electron chi connectivity index (χ4n) is 2.52. The van der Waals surface area contributed by atoms with Crippen LogP contribution in [-0.4, -0.2) is 42.0 Å². The number of hydrogen-bond donors (Lipinski definition) is 0. The smallest absolute Gasteiger partial charge is 0.257 e. The molecule has 2 aromatic rings. The monoisotopic (exact) mass is 301 g/mol. The van der Waals surface area contributed by atoms with Gasteiger partial charge in [-0.15, -0.1) is 0 Å². The Morgan fingerprint density at radius 3 is 2.38 bits per heavy atom. The van der Waals surface area contributed by atoms with Gasteiger partial charge in [-0.1, -0.05) is 29.8 Å². The zero-order valence-corrected chi connectivity index (χ0v) is 12.3. The zero-order chi connectivity index (χ0) is 14.7. The highest BCUT2D eigenvalue weighted by Crippen LogP contribution is 2.18. The van der Waals surface area contributed by atoms with Gasteiger partial charge in [0.1, 0.15) is 5.15 Å². The summed E-state index contributed by atoms with van der Waals surface area (Å²) in [6, 6.07) is 13.7. The van der Waals surface area contributed by atoms with Crippen LogP contribution in [0.25, 0.3) is 0 Å². The lowest BCUT2D eigenvalue weighted by Gasteiger charge is -2.36. The summed E-state index contributed by atoms with van der Waals surface area (Å²) in [6.45, 7) is 3.04. The maximum atomic E-state index is 12.4. The molecule has 0 saturated carbocycles. The number of rotatable bonds is 2. The van der Waals surface area contributed by atoms with Crippen LogP contribution in [0.1, 0.15) is 10.4 Å². The minimum absolute atomic E-state index is 0.0409. The Labute approximate surface area is 129 Å².